The molecule has 0 saturated heterocycles. The van der Waals surface area contributed by atoms with E-state index in [1.165, 1.54) is 16.3 Å². The van der Waals surface area contributed by atoms with Crippen LogP contribution in [0, 0.1) is 13.8 Å². The molecule has 0 radical (unpaired) electrons. The van der Waals surface area contributed by atoms with Crippen molar-refractivity contribution in [2.75, 3.05) is 0 Å². The molecule has 0 saturated carbocycles. The van der Waals surface area contributed by atoms with Gasteiger partial charge in [-0.15, -0.1) is 0 Å². The van der Waals surface area contributed by atoms with E-state index in [1.54, 1.807) is 0 Å². The second-order valence-electron chi connectivity index (χ2n) is 7.50. The lowest BCUT2D eigenvalue weighted by Gasteiger charge is -2.18. The highest BCUT2D eigenvalue weighted by atomic mass is 16.1. The monoisotopic (exact) mass is 345 g/mol. The smallest absolute Gasteiger partial charge is 0.252 e. The molecule has 134 valence electrons. The Hall–Kier alpha value is -2.61. The molecule has 1 unspecified atom stereocenters. The third-order valence-corrected chi connectivity index (χ3v) is 5.06. The molecule has 0 aliphatic rings. The van der Waals surface area contributed by atoms with Gasteiger partial charge in [0.25, 0.3) is 5.91 Å². The van der Waals surface area contributed by atoms with Gasteiger partial charge in [0.05, 0.1) is 6.04 Å². The maximum absolute atomic E-state index is 12.8. The molecule has 0 spiro atoms. The predicted octanol–water partition coefficient (Wildman–Crippen LogP) is 6.07. The number of hydrogen-bond donors (Lipinski definition) is 1. The molecule has 0 aromatic heterocycles. The second kappa shape index (κ2) is 7.33. The fourth-order valence-corrected chi connectivity index (χ4v) is 3.40. The number of fused-ring (bicyclic) bond motifs is 1. The number of hydrogen-bond acceptors (Lipinski definition) is 1. The van der Waals surface area contributed by atoms with Gasteiger partial charge in [-0.05, 0) is 60.2 Å². The van der Waals surface area contributed by atoms with Crippen LogP contribution in [0.2, 0.25) is 0 Å². The van der Waals surface area contributed by atoms with Gasteiger partial charge < -0.3 is 5.32 Å². The average molecular weight is 345 g/mol. The largest absolute Gasteiger partial charge is 0.345 e. The zero-order valence-corrected chi connectivity index (χ0v) is 16.3. The second-order valence-corrected chi connectivity index (χ2v) is 7.50. The molecular weight excluding hydrogens is 318 g/mol. The summed E-state index contributed by atoms with van der Waals surface area (Å²) in [5.74, 6) is 0.485. The van der Waals surface area contributed by atoms with Crippen LogP contribution >= 0.6 is 0 Å². The van der Waals surface area contributed by atoms with Crippen molar-refractivity contribution in [2.45, 2.75) is 46.6 Å². The van der Waals surface area contributed by atoms with Gasteiger partial charge in [-0.1, -0.05) is 67.9 Å². The summed E-state index contributed by atoms with van der Waals surface area (Å²) in [6.07, 6.45) is 0. The summed E-state index contributed by atoms with van der Waals surface area (Å²) in [5.41, 5.74) is 5.33. The molecule has 3 rings (SSSR count). The van der Waals surface area contributed by atoms with Gasteiger partial charge in [-0.25, -0.2) is 0 Å². The lowest BCUT2D eigenvalue weighted by molar-refractivity contribution is 0.0939. The Labute approximate surface area is 156 Å². The first kappa shape index (κ1) is 18.2. The normalized spacial score (nSPS) is 12.4. The maximum atomic E-state index is 12.8. The minimum absolute atomic E-state index is 0.0190. The van der Waals surface area contributed by atoms with Crippen molar-refractivity contribution in [3.63, 3.8) is 0 Å². The molecule has 0 fully saturated rings. The van der Waals surface area contributed by atoms with E-state index in [4.69, 9.17) is 0 Å². The van der Waals surface area contributed by atoms with Crippen LogP contribution in [0.4, 0.5) is 0 Å². The number of nitrogens with one attached hydrogen (secondary N) is 1. The molecule has 0 aliphatic heterocycles. The minimum atomic E-state index is -0.0592. The molecule has 0 bridgehead atoms. The Balaban J connectivity index is 1.91. The van der Waals surface area contributed by atoms with Gasteiger partial charge in [-0.3, -0.25) is 4.79 Å². The first-order chi connectivity index (χ1) is 12.4. The van der Waals surface area contributed by atoms with E-state index in [0.29, 0.717) is 5.92 Å². The van der Waals surface area contributed by atoms with Gasteiger partial charge >= 0.3 is 0 Å². The number of benzene rings is 3. The first-order valence-corrected chi connectivity index (χ1v) is 9.27. The SMILES string of the molecule is Cc1ccc(C)c(C(=O)NC(C)c2cccc3cc(C(C)C)ccc23)c1. The standard InChI is InChI=1S/C24H27NO/c1-15(2)19-11-12-22-20(14-19)7-6-8-21(22)18(5)25-24(26)23-13-16(3)9-10-17(23)4/h6-15,18H,1-5H3,(H,25,26). The van der Waals surface area contributed by atoms with Gasteiger partial charge in [0, 0.05) is 5.56 Å². The molecule has 0 aliphatic carbocycles. The van der Waals surface area contributed by atoms with Crippen molar-refractivity contribution in [2.24, 2.45) is 0 Å². The fourth-order valence-electron chi connectivity index (χ4n) is 3.40. The predicted molar refractivity (Wildman–Crippen MR) is 110 cm³/mol. The zero-order valence-electron chi connectivity index (χ0n) is 16.3. The number of carbonyl (C=O) groups is 1. The summed E-state index contributed by atoms with van der Waals surface area (Å²) < 4.78 is 0. The van der Waals surface area contributed by atoms with E-state index in [0.717, 1.165) is 22.3 Å². The molecule has 1 amide bonds. The minimum Gasteiger partial charge on any atom is -0.345 e. The number of rotatable bonds is 4. The van der Waals surface area contributed by atoms with Crippen LogP contribution in [0.15, 0.2) is 54.6 Å². The lowest BCUT2D eigenvalue weighted by Crippen LogP contribution is -2.27. The highest BCUT2D eigenvalue weighted by Gasteiger charge is 2.15. The molecule has 0 heterocycles. The van der Waals surface area contributed by atoms with Crippen LogP contribution in [0.3, 0.4) is 0 Å². The molecular formula is C24H27NO. The van der Waals surface area contributed by atoms with Crippen LogP contribution in [-0.2, 0) is 0 Å². The quantitative estimate of drug-likeness (QED) is 0.611. The Bertz CT molecular complexity index is 956. The van der Waals surface area contributed by atoms with Gasteiger partial charge in [0.15, 0.2) is 0 Å². The van der Waals surface area contributed by atoms with E-state index < -0.39 is 0 Å². The van der Waals surface area contributed by atoms with E-state index in [1.807, 2.05) is 39.0 Å². The summed E-state index contributed by atoms with van der Waals surface area (Å²) in [6, 6.07) is 18.9. The Morgan fingerprint density at radius 2 is 1.69 bits per heavy atom. The van der Waals surface area contributed by atoms with E-state index in [-0.39, 0.29) is 11.9 Å². The Morgan fingerprint density at radius 3 is 2.42 bits per heavy atom. The van der Waals surface area contributed by atoms with Crippen LogP contribution < -0.4 is 5.32 Å². The van der Waals surface area contributed by atoms with Crippen molar-refractivity contribution >= 4 is 16.7 Å². The summed E-state index contributed by atoms with van der Waals surface area (Å²) >= 11 is 0. The van der Waals surface area contributed by atoms with Crippen molar-refractivity contribution < 1.29 is 4.79 Å². The van der Waals surface area contributed by atoms with Gasteiger partial charge in [0.1, 0.15) is 0 Å². The summed E-state index contributed by atoms with van der Waals surface area (Å²) in [4.78, 5) is 12.8. The van der Waals surface area contributed by atoms with Crippen LogP contribution in [0.25, 0.3) is 10.8 Å². The summed E-state index contributed by atoms with van der Waals surface area (Å²) in [7, 11) is 0. The molecule has 3 aromatic rings. The van der Waals surface area contributed by atoms with Crippen LogP contribution in [0.5, 0.6) is 0 Å². The summed E-state index contributed by atoms with van der Waals surface area (Å²) in [6.45, 7) is 10.4. The Morgan fingerprint density at radius 1 is 0.923 bits per heavy atom. The van der Waals surface area contributed by atoms with Crippen molar-refractivity contribution in [1.82, 2.24) is 5.32 Å². The molecule has 2 heteroatoms. The van der Waals surface area contributed by atoms with E-state index in [2.05, 4.69) is 55.6 Å². The third kappa shape index (κ3) is 3.65. The molecule has 26 heavy (non-hydrogen) atoms. The summed E-state index contributed by atoms with van der Waals surface area (Å²) in [5, 5.41) is 5.59. The highest BCUT2D eigenvalue weighted by molar-refractivity contribution is 5.96. The zero-order chi connectivity index (χ0) is 18.8. The van der Waals surface area contributed by atoms with Crippen LogP contribution in [0.1, 0.15) is 65.3 Å². The fraction of sp³-hybridized carbons (Fsp3) is 0.292. The third-order valence-electron chi connectivity index (χ3n) is 5.06. The lowest BCUT2D eigenvalue weighted by atomic mass is 9.94. The van der Waals surface area contributed by atoms with E-state index >= 15 is 0 Å². The van der Waals surface area contributed by atoms with Gasteiger partial charge in [-0.2, -0.15) is 0 Å². The molecule has 1 atom stereocenters. The highest BCUT2D eigenvalue weighted by Crippen LogP contribution is 2.27. The topological polar surface area (TPSA) is 29.1 Å². The van der Waals surface area contributed by atoms with Crippen molar-refractivity contribution in [3.8, 4) is 0 Å². The maximum Gasteiger partial charge on any atom is 0.252 e. The van der Waals surface area contributed by atoms with E-state index in [9.17, 15) is 4.79 Å². The Kier molecular flexibility index (Phi) is 5.13. The average Bonchev–Trinajstić information content (AvgIpc) is 2.62. The molecule has 1 N–H and O–H groups in total. The van der Waals surface area contributed by atoms with Gasteiger partial charge in [0.2, 0.25) is 0 Å². The number of aryl methyl sites for hydroxylation is 2. The number of carbonyl (C=O) groups excluding carboxylic acids is 1. The van der Waals surface area contributed by atoms with Crippen molar-refractivity contribution in [1.29, 1.82) is 0 Å². The van der Waals surface area contributed by atoms with Crippen LogP contribution in [-0.4, -0.2) is 5.91 Å². The van der Waals surface area contributed by atoms with Crippen molar-refractivity contribution in [3.05, 3.63) is 82.4 Å². The molecule has 3 aromatic carbocycles. The molecule has 2 nitrogen and oxygen atoms in total. The number of amides is 1. The first-order valence-electron chi connectivity index (χ1n) is 9.27.